The number of carboxylic acid groups (broad SMARTS) is 1. The molecule has 202 valence electrons. The van der Waals surface area contributed by atoms with Gasteiger partial charge in [-0.1, -0.05) is 56.7 Å². The molecule has 1 spiro atoms. The largest absolute Gasteiger partial charge is 0.481 e. The van der Waals surface area contributed by atoms with Gasteiger partial charge in [-0.15, -0.1) is 6.58 Å². The number of aliphatic hydroxyl groups is 1. The third-order valence-electron chi connectivity index (χ3n) is 9.18. The number of nitrogens with zero attached hydrogens (tertiary/aromatic N) is 2. The number of aliphatic hydroxyl groups excluding tert-OH is 1. The van der Waals surface area contributed by atoms with Crippen molar-refractivity contribution in [2.75, 3.05) is 18.1 Å². The van der Waals surface area contributed by atoms with Crippen molar-refractivity contribution < 1.29 is 29.3 Å². The lowest BCUT2D eigenvalue weighted by Crippen LogP contribution is -2.60. The summed E-state index contributed by atoms with van der Waals surface area (Å²) in [4.78, 5) is 44.3. The van der Waals surface area contributed by atoms with E-state index < -0.39 is 47.0 Å². The number of hydrogen-bond donors (Lipinski definition) is 2. The van der Waals surface area contributed by atoms with Crippen molar-refractivity contribution in [3.63, 3.8) is 0 Å². The van der Waals surface area contributed by atoms with E-state index in [9.17, 15) is 24.6 Å². The standard InChI is InChI=1S/C30H36N2O6/c1-5-15-31(21-12-11-19-9-7-8-10-20(19)16-21)27(35)25-30-14-13-29(4,38-30)24(28(36)37)23(30)26(34)32(25)22(17-33)18(3)6-2/h5,7-12,16,18,22-25,33H,1,6,13-15,17H2,2-4H3,(H,36,37)/t18-,22-,23-,24-,25?,29+,30?/m0/s1. The van der Waals surface area contributed by atoms with E-state index >= 15 is 0 Å². The van der Waals surface area contributed by atoms with Crippen LogP contribution in [0.3, 0.4) is 0 Å². The number of likely N-dealkylation sites (tertiary alicyclic amines) is 1. The van der Waals surface area contributed by atoms with Crippen molar-refractivity contribution in [2.24, 2.45) is 17.8 Å². The maximum Gasteiger partial charge on any atom is 0.310 e. The Hall–Kier alpha value is -3.23. The number of ether oxygens (including phenoxy) is 1. The molecule has 8 nitrogen and oxygen atoms in total. The van der Waals surface area contributed by atoms with Gasteiger partial charge in [0.25, 0.3) is 5.91 Å². The van der Waals surface area contributed by atoms with Crippen LogP contribution in [-0.2, 0) is 19.1 Å². The Bertz CT molecular complexity index is 1290. The van der Waals surface area contributed by atoms with Crippen LogP contribution < -0.4 is 4.90 Å². The van der Waals surface area contributed by atoms with Crippen LogP contribution in [0, 0.1) is 17.8 Å². The Kier molecular flexibility index (Phi) is 6.60. The highest BCUT2D eigenvalue weighted by Crippen LogP contribution is 2.63. The third kappa shape index (κ3) is 3.68. The van der Waals surface area contributed by atoms with Crippen molar-refractivity contribution in [3.8, 4) is 0 Å². The zero-order valence-corrected chi connectivity index (χ0v) is 22.2. The normalized spacial score (nSPS) is 31.3. The number of hydrogen-bond acceptors (Lipinski definition) is 5. The molecule has 0 aliphatic carbocycles. The van der Waals surface area contributed by atoms with Crippen LogP contribution in [0.15, 0.2) is 55.1 Å². The summed E-state index contributed by atoms with van der Waals surface area (Å²) in [5, 5.41) is 22.6. The van der Waals surface area contributed by atoms with Crippen LogP contribution in [0.1, 0.15) is 40.0 Å². The first-order valence-electron chi connectivity index (χ1n) is 13.4. The monoisotopic (exact) mass is 520 g/mol. The van der Waals surface area contributed by atoms with E-state index in [-0.39, 0.29) is 25.0 Å². The number of rotatable bonds is 9. The second kappa shape index (κ2) is 9.50. The maximum absolute atomic E-state index is 14.6. The average Bonchev–Trinajstić information content (AvgIpc) is 3.48. The Labute approximate surface area is 222 Å². The van der Waals surface area contributed by atoms with Crippen molar-refractivity contribution >= 4 is 34.2 Å². The second-order valence-corrected chi connectivity index (χ2v) is 11.2. The quantitative estimate of drug-likeness (QED) is 0.489. The fourth-order valence-corrected chi connectivity index (χ4v) is 7.13. The predicted molar refractivity (Wildman–Crippen MR) is 144 cm³/mol. The number of amides is 2. The lowest BCUT2D eigenvalue weighted by molar-refractivity contribution is -0.156. The van der Waals surface area contributed by atoms with E-state index in [2.05, 4.69) is 6.58 Å². The molecule has 2 bridgehead atoms. The number of benzene rings is 2. The molecule has 7 atom stereocenters. The van der Waals surface area contributed by atoms with Crippen LogP contribution in [-0.4, -0.2) is 69.3 Å². The molecule has 2 amide bonds. The summed E-state index contributed by atoms with van der Waals surface area (Å²) in [5.74, 6) is -4.04. The average molecular weight is 521 g/mol. The zero-order chi connectivity index (χ0) is 27.4. The van der Waals surface area contributed by atoms with Crippen molar-refractivity contribution in [3.05, 3.63) is 55.1 Å². The lowest BCUT2D eigenvalue weighted by Gasteiger charge is -2.41. The van der Waals surface area contributed by atoms with Crippen LogP contribution in [0.25, 0.3) is 10.8 Å². The minimum Gasteiger partial charge on any atom is -0.481 e. The summed E-state index contributed by atoms with van der Waals surface area (Å²) in [6, 6.07) is 11.9. The first kappa shape index (κ1) is 26.4. The molecule has 0 aromatic heterocycles. The molecule has 0 radical (unpaired) electrons. The number of fused-ring (bicyclic) bond motifs is 2. The summed E-state index contributed by atoms with van der Waals surface area (Å²) < 4.78 is 6.52. The SMILES string of the molecule is C=CCN(C(=O)C1N([C@@H](CO)[C@@H](C)CC)C(=O)[C@@H]2[C@@H](C(=O)O)[C@@]3(C)CCC12O3)c1ccc2ccccc2c1. The highest BCUT2D eigenvalue weighted by Gasteiger charge is 2.79. The topological polar surface area (TPSA) is 107 Å². The molecule has 2 aromatic carbocycles. The van der Waals surface area contributed by atoms with Gasteiger partial charge in [-0.05, 0) is 48.6 Å². The number of aliphatic carboxylic acids is 1. The van der Waals surface area contributed by atoms with Crippen molar-refractivity contribution in [2.45, 2.75) is 63.3 Å². The van der Waals surface area contributed by atoms with Gasteiger partial charge in [0.15, 0.2) is 0 Å². The zero-order valence-electron chi connectivity index (χ0n) is 22.2. The fraction of sp³-hybridized carbons (Fsp3) is 0.500. The highest BCUT2D eigenvalue weighted by atomic mass is 16.5. The number of carbonyl (C=O) groups excluding carboxylic acids is 2. The highest BCUT2D eigenvalue weighted by molar-refractivity contribution is 6.05. The Morgan fingerprint density at radius 3 is 2.58 bits per heavy atom. The molecule has 3 aliphatic heterocycles. The molecular weight excluding hydrogens is 484 g/mol. The summed E-state index contributed by atoms with van der Waals surface area (Å²) >= 11 is 0. The van der Waals surface area contributed by atoms with Gasteiger partial charge < -0.3 is 24.7 Å². The van der Waals surface area contributed by atoms with E-state index in [1.165, 1.54) is 4.90 Å². The molecule has 2 N–H and O–H groups in total. The van der Waals surface area contributed by atoms with E-state index in [1.54, 1.807) is 17.9 Å². The van der Waals surface area contributed by atoms with Gasteiger partial charge >= 0.3 is 5.97 Å². The fourth-order valence-electron chi connectivity index (χ4n) is 7.13. The second-order valence-electron chi connectivity index (χ2n) is 11.2. The van der Waals surface area contributed by atoms with Crippen molar-refractivity contribution in [1.29, 1.82) is 0 Å². The molecule has 8 heteroatoms. The van der Waals surface area contributed by atoms with Gasteiger partial charge in [0.1, 0.15) is 11.6 Å². The van der Waals surface area contributed by atoms with E-state index in [4.69, 9.17) is 4.74 Å². The number of carboxylic acids is 1. The van der Waals surface area contributed by atoms with E-state index in [0.29, 0.717) is 24.9 Å². The van der Waals surface area contributed by atoms with Crippen LogP contribution in [0.2, 0.25) is 0 Å². The van der Waals surface area contributed by atoms with Gasteiger partial charge in [0, 0.05) is 12.2 Å². The van der Waals surface area contributed by atoms with Crippen molar-refractivity contribution in [1.82, 2.24) is 4.90 Å². The van der Waals surface area contributed by atoms with Gasteiger partial charge in [-0.3, -0.25) is 14.4 Å². The minimum absolute atomic E-state index is 0.112. The Balaban J connectivity index is 1.65. The summed E-state index contributed by atoms with van der Waals surface area (Å²) in [6.07, 6.45) is 3.15. The van der Waals surface area contributed by atoms with Crippen LogP contribution in [0.4, 0.5) is 5.69 Å². The lowest BCUT2D eigenvalue weighted by atomic mass is 9.66. The molecule has 2 aromatic rings. The minimum atomic E-state index is -1.27. The first-order valence-corrected chi connectivity index (χ1v) is 13.4. The van der Waals surface area contributed by atoms with Gasteiger partial charge in [0.05, 0.1) is 30.1 Å². The van der Waals surface area contributed by atoms with E-state index in [0.717, 1.165) is 10.8 Å². The predicted octanol–water partition coefficient (Wildman–Crippen LogP) is 3.62. The molecule has 3 heterocycles. The van der Waals surface area contributed by atoms with E-state index in [1.807, 2.05) is 56.3 Å². The molecule has 3 aliphatic rings. The first-order chi connectivity index (χ1) is 18.1. The number of carbonyl (C=O) groups is 3. The summed E-state index contributed by atoms with van der Waals surface area (Å²) in [7, 11) is 0. The smallest absolute Gasteiger partial charge is 0.310 e. The van der Waals surface area contributed by atoms with Gasteiger partial charge in [0.2, 0.25) is 5.91 Å². The third-order valence-corrected chi connectivity index (χ3v) is 9.18. The number of anilines is 1. The van der Waals surface area contributed by atoms with Crippen LogP contribution >= 0.6 is 0 Å². The molecular formula is C30H36N2O6. The maximum atomic E-state index is 14.6. The van der Waals surface area contributed by atoms with Crippen LogP contribution in [0.5, 0.6) is 0 Å². The Morgan fingerprint density at radius 1 is 1.24 bits per heavy atom. The molecule has 2 unspecified atom stereocenters. The molecule has 0 saturated carbocycles. The molecule has 5 rings (SSSR count). The van der Waals surface area contributed by atoms with Gasteiger partial charge in [-0.25, -0.2) is 0 Å². The molecule has 3 saturated heterocycles. The Morgan fingerprint density at radius 2 is 1.95 bits per heavy atom. The summed E-state index contributed by atoms with van der Waals surface area (Å²) in [6.45, 7) is 9.36. The summed E-state index contributed by atoms with van der Waals surface area (Å²) in [5.41, 5.74) is -1.66. The van der Waals surface area contributed by atoms with Gasteiger partial charge in [-0.2, -0.15) is 0 Å². The molecule has 38 heavy (non-hydrogen) atoms. The molecule has 3 fully saturated rings.